The van der Waals surface area contributed by atoms with Gasteiger partial charge < -0.3 is 5.32 Å². The Hall–Kier alpha value is -0.0900. The lowest BCUT2D eigenvalue weighted by Crippen LogP contribution is -2.54. The molecule has 0 radical (unpaired) electrons. The molecule has 4 heteroatoms. The van der Waals surface area contributed by atoms with E-state index < -0.39 is 0 Å². The molecule has 0 aromatic carbocycles. The van der Waals surface area contributed by atoms with E-state index >= 15 is 0 Å². The largest absolute Gasteiger partial charge is 0.311 e. The van der Waals surface area contributed by atoms with E-state index in [9.17, 15) is 0 Å². The van der Waals surface area contributed by atoms with Crippen LogP contribution in [-0.4, -0.2) is 30.6 Å². The second-order valence-electron chi connectivity index (χ2n) is 5.35. The van der Waals surface area contributed by atoms with Crippen molar-refractivity contribution in [3.05, 3.63) is 21.3 Å². The number of hydrogen-bond donors (Lipinski definition) is 1. The maximum atomic E-state index is 6.14. The molecule has 1 aliphatic carbocycles. The van der Waals surface area contributed by atoms with Crippen molar-refractivity contribution in [3.63, 3.8) is 0 Å². The number of nitrogens with zero attached hydrogens (tertiary/aromatic N) is 1. The van der Waals surface area contributed by atoms with Gasteiger partial charge in [-0.1, -0.05) is 38.3 Å². The summed E-state index contributed by atoms with van der Waals surface area (Å²) in [6.45, 7) is 6.79. The minimum Gasteiger partial charge on any atom is -0.311 e. The van der Waals surface area contributed by atoms with Crippen LogP contribution < -0.4 is 5.32 Å². The second kappa shape index (κ2) is 6.57. The van der Waals surface area contributed by atoms with Crippen molar-refractivity contribution in [2.75, 3.05) is 20.1 Å². The first-order valence-electron chi connectivity index (χ1n) is 7.35. The quantitative estimate of drug-likeness (QED) is 0.842. The molecule has 1 aromatic heterocycles. The molecule has 0 amide bonds. The molecule has 0 bridgehead atoms. The van der Waals surface area contributed by atoms with Crippen LogP contribution in [0.4, 0.5) is 0 Å². The van der Waals surface area contributed by atoms with Gasteiger partial charge in [0.15, 0.2) is 0 Å². The molecule has 1 atom stereocenters. The molecule has 1 N–H and O–H groups in total. The third-order valence-electron chi connectivity index (χ3n) is 4.57. The van der Waals surface area contributed by atoms with Gasteiger partial charge in [0.2, 0.25) is 0 Å². The maximum Gasteiger partial charge on any atom is 0.0931 e. The van der Waals surface area contributed by atoms with Gasteiger partial charge in [0.1, 0.15) is 0 Å². The Morgan fingerprint density at radius 1 is 1.32 bits per heavy atom. The summed E-state index contributed by atoms with van der Waals surface area (Å²) in [5, 5.41) is 3.57. The highest BCUT2D eigenvalue weighted by atomic mass is 35.5. The fraction of sp³-hybridized carbons (Fsp3) is 0.733. The first kappa shape index (κ1) is 15.3. The van der Waals surface area contributed by atoms with Crippen LogP contribution in [0.3, 0.4) is 0 Å². The lowest BCUT2D eigenvalue weighted by Gasteiger charge is -2.46. The SMILES string of the molecule is CCN(CC)C1(C(NC)c2ccc(Cl)s2)CCCC1. The number of likely N-dealkylation sites (N-methyl/N-ethyl adjacent to an activating group) is 2. The molecule has 1 heterocycles. The molecular weight excluding hydrogens is 276 g/mol. The monoisotopic (exact) mass is 300 g/mol. The van der Waals surface area contributed by atoms with Crippen LogP contribution in [0.2, 0.25) is 4.34 Å². The van der Waals surface area contributed by atoms with E-state index in [0.717, 1.165) is 17.4 Å². The summed E-state index contributed by atoms with van der Waals surface area (Å²) in [5.41, 5.74) is 0.270. The lowest BCUT2D eigenvalue weighted by molar-refractivity contribution is 0.0668. The van der Waals surface area contributed by atoms with Crippen molar-refractivity contribution in [2.24, 2.45) is 0 Å². The number of halogens is 1. The number of thiophene rings is 1. The Morgan fingerprint density at radius 3 is 2.37 bits per heavy atom. The predicted molar refractivity (Wildman–Crippen MR) is 85.2 cm³/mol. The molecular formula is C15H25ClN2S. The topological polar surface area (TPSA) is 15.3 Å². The molecule has 108 valence electrons. The zero-order valence-corrected chi connectivity index (χ0v) is 13.8. The van der Waals surface area contributed by atoms with Crippen LogP contribution in [0.25, 0.3) is 0 Å². The highest BCUT2D eigenvalue weighted by Gasteiger charge is 2.45. The Balaban J connectivity index is 2.35. The van der Waals surface area contributed by atoms with Crippen molar-refractivity contribution in [2.45, 2.75) is 51.1 Å². The van der Waals surface area contributed by atoms with E-state index in [4.69, 9.17) is 11.6 Å². The van der Waals surface area contributed by atoms with E-state index in [2.05, 4.69) is 37.2 Å². The summed E-state index contributed by atoms with van der Waals surface area (Å²) in [6, 6.07) is 4.61. The number of nitrogens with one attached hydrogen (secondary N) is 1. The third kappa shape index (κ3) is 2.85. The Kier molecular flexibility index (Phi) is 5.29. The van der Waals surface area contributed by atoms with Gasteiger partial charge in [-0.05, 0) is 45.1 Å². The van der Waals surface area contributed by atoms with Gasteiger partial charge in [0.05, 0.1) is 10.4 Å². The normalized spacial score (nSPS) is 20.1. The Labute approximate surface area is 126 Å². The zero-order chi connectivity index (χ0) is 13.9. The van der Waals surface area contributed by atoms with Crippen molar-refractivity contribution in [1.82, 2.24) is 10.2 Å². The van der Waals surface area contributed by atoms with Crippen LogP contribution in [0.5, 0.6) is 0 Å². The summed E-state index contributed by atoms with van der Waals surface area (Å²) in [7, 11) is 2.09. The highest BCUT2D eigenvalue weighted by molar-refractivity contribution is 7.16. The molecule has 1 saturated carbocycles. The molecule has 2 rings (SSSR count). The summed E-state index contributed by atoms with van der Waals surface area (Å²) in [6.07, 6.45) is 5.26. The van der Waals surface area contributed by atoms with Gasteiger partial charge in [-0.15, -0.1) is 11.3 Å². The van der Waals surface area contributed by atoms with E-state index in [1.165, 1.54) is 30.6 Å². The van der Waals surface area contributed by atoms with Crippen LogP contribution in [-0.2, 0) is 0 Å². The van der Waals surface area contributed by atoms with Crippen molar-refractivity contribution < 1.29 is 0 Å². The highest BCUT2D eigenvalue weighted by Crippen LogP contribution is 2.46. The molecule has 1 aliphatic rings. The van der Waals surface area contributed by atoms with E-state index in [0.29, 0.717) is 6.04 Å². The standard InChI is InChI=1S/C15H25ClN2S/c1-4-18(5-2)15(10-6-7-11-15)14(17-3)12-8-9-13(16)19-12/h8-9,14,17H,4-7,10-11H2,1-3H3. The van der Waals surface area contributed by atoms with Crippen molar-refractivity contribution >= 4 is 22.9 Å². The van der Waals surface area contributed by atoms with E-state index in [1.807, 2.05) is 6.07 Å². The molecule has 19 heavy (non-hydrogen) atoms. The van der Waals surface area contributed by atoms with Gasteiger partial charge in [-0.25, -0.2) is 0 Å². The van der Waals surface area contributed by atoms with Crippen LogP contribution in [0.1, 0.15) is 50.4 Å². The Bertz CT molecular complexity index is 395. The molecule has 1 fully saturated rings. The van der Waals surface area contributed by atoms with Crippen LogP contribution in [0, 0.1) is 0 Å². The maximum absolute atomic E-state index is 6.14. The van der Waals surface area contributed by atoms with E-state index in [1.54, 1.807) is 11.3 Å². The summed E-state index contributed by atoms with van der Waals surface area (Å²) >= 11 is 7.86. The predicted octanol–water partition coefficient (Wildman–Crippen LogP) is 4.32. The fourth-order valence-electron chi connectivity index (χ4n) is 3.79. The van der Waals surface area contributed by atoms with E-state index in [-0.39, 0.29) is 5.54 Å². The zero-order valence-electron chi connectivity index (χ0n) is 12.2. The second-order valence-corrected chi connectivity index (χ2v) is 7.09. The van der Waals surface area contributed by atoms with Crippen molar-refractivity contribution in [3.8, 4) is 0 Å². The molecule has 0 saturated heterocycles. The van der Waals surface area contributed by atoms with Gasteiger partial charge in [0, 0.05) is 10.4 Å². The average molecular weight is 301 g/mol. The third-order valence-corrected chi connectivity index (χ3v) is 5.86. The Morgan fingerprint density at radius 2 is 1.95 bits per heavy atom. The summed E-state index contributed by atoms with van der Waals surface area (Å²) in [4.78, 5) is 4.02. The molecule has 0 spiro atoms. The van der Waals surface area contributed by atoms with Gasteiger partial charge >= 0.3 is 0 Å². The fourth-order valence-corrected chi connectivity index (χ4v) is 5.07. The van der Waals surface area contributed by atoms with Gasteiger partial charge in [0.25, 0.3) is 0 Å². The number of hydrogen-bond acceptors (Lipinski definition) is 3. The lowest BCUT2D eigenvalue weighted by atomic mass is 9.85. The van der Waals surface area contributed by atoms with Gasteiger partial charge in [-0.2, -0.15) is 0 Å². The molecule has 0 aliphatic heterocycles. The van der Waals surface area contributed by atoms with Crippen LogP contribution >= 0.6 is 22.9 Å². The average Bonchev–Trinajstić information content (AvgIpc) is 3.03. The molecule has 2 nitrogen and oxygen atoms in total. The van der Waals surface area contributed by atoms with Gasteiger partial charge in [-0.3, -0.25) is 4.90 Å². The minimum absolute atomic E-state index is 0.270. The first-order chi connectivity index (χ1) is 9.17. The van der Waals surface area contributed by atoms with Crippen molar-refractivity contribution in [1.29, 1.82) is 0 Å². The summed E-state index contributed by atoms with van der Waals surface area (Å²) in [5.74, 6) is 0. The molecule has 1 unspecified atom stereocenters. The first-order valence-corrected chi connectivity index (χ1v) is 8.55. The summed E-state index contributed by atoms with van der Waals surface area (Å²) < 4.78 is 0.892. The smallest absolute Gasteiger partial charge is 0.0931 e. The van der Waals surface area contributed by atoms with Crippen LogP contribution in [0.15, 0.2) is 12.1 Å². The molecule has 1 aromatic rings. The minimum atomic E-state index is 0.270. The number of rotatable bonds is 6.